The molecule has 0 saturated heterocycles. The second-order valence-electron chi connectivity index (χ2n) is 9.51. The molecule has 0 fully saturated rings. The second-order valence-corrected chi connectivity index (χ2v) is 28.7. The van der Waals surface area contributed by atoms with Crippen LogP contribution < -0.4 is 0 Å². The average molecular weight is 397 g/mol. The Hall–Kier alpha value is -1.44. The number of rotatable bonds is 4. The Morgan fingerprint density at radius 3 is 2.31 bits per heavy atom. The van der Waals surface area contributed by atoms with Crippen LogP contribution in [0.3, 0.4) is 0 Å². The van der Waals surface area contributed by atoms with E-state index >= 15 is 0 Å². The summed E-state index contributed by atoms with van der Waals surface area (Å²) in [5.41, 5.74) is 4.81. The van der Waals surface area contributed by atoms with Crippen LogP contribution in [0.15, 0.2) is 46.0 Å². The van der Waals surface area contributed by atoms with Crippen LogP contribution in [0.25, 0.3) is 11.6 Å². The van der Waals surface area contributed by atoms with Crippen molar-refractivity contribution >= 4 is 40.9 Å². The lowest BCUT2D eigenvalue weighted by molar-refractivity contribution is -0.113. The molecule has 1 heterocycles. The van der Waals surface area contributed by atoms with Gasteiger partial charge in [0, 0.05) is 5.57 Å². The lowest BCUT2D eigenvalue weighted by Gasteiger charge is -2.29. The number of fused-ring (bicyclic) bond motifs is 4. The van der Waals surface area contributed by atoms with Gasteiger partial charge in [0.05, 0.1) is 7.59 Å². The zero-order valence-corrected chi connectivity index (χ0v) is 19.9. The van der Waals surface area contributed by atoms with Gasteiger partial charge >= 0.3 is 0 Å². The van der Waals surface area contributed by atoms with E-state index in [-0.39, 0.29) is 5.78 Å². The van der Waals surface area contributed by atoms with E-state index in [9.17, 15) is 4.79 Å². The van der Waals surface area contributed by atoms with Crippen molar-refractivity contribution in [3.8, 4) is 0 Å². The first-order chi connectivity index (χ1) is 12.0. The topological polar surface area (TPSA) is 26.3 Å². The van der Waals surface area contributed by atoms with Crippen LogP contribution in [0, 0.1) is 0 Å². The molecule has 0 saturated carbocycles. The zero-order valence-electron chi connectivity index (χ0n) is 16.9. The van der Waals surface area contributed by atoms with Gasteiger partial charge in [-0.05, 0) is 52.8 Å². The van der Waals surface area contributed by atoms with Crippen molar-refractivity contribution in [3.05, 3.63) is 57.1 Å². The summed E-state index contributed by atoms with van der Waals surface area (Å²) in [6, 6.07) is 9.68. The van der Waals surface area contributed by atoms with Crippen LogP contribution in [0.4, 0.5) is 0 Å². The van der Waals surface area contributed by atoms with Gasteiger partial charge in [0.2, 0.25) is 14.1 Å². The van der Waals surface area contributed by atoms with E-state index in [0.717, 1.165) is 5.57 Å². The molecule has 2 nitrogen and oxygen atoms in total. The molecule has 0 spiro atoms. The summed E-state index contributed by atoms with van der Waals surface area (Å²) >= 11 is 0. The number of Topliss-reactive ketones (excluding diaryl/α,β-unsaturated/α-hetero) is 1. The lowest BCUT2D eigenvalue weighted by Crippen LogP contribution is -2.50. The molecule has 1 unspecified atom stereocenters. The second kappa shape index (κ2) is 5.30. The van der Waals surface area contributed by atoms with E-state index in [1.54, 1.807) is 0 Å². The van der Waals surface area contributed by atoms with Gasteiger partial charge < -0.3 is 4.43 Å². The first-order valence-electron chi connectivity index (χ1n) is 9.58. The molecule has 26 heavy (non-hydrogen) atoms. The molecule has 0 aromatic heterocycles. The van der Waals surface area contributed by atoms with Gasteiger partial charge in [0.15, 0.2) is 5.76 Å². The minimum absolute atomic E-state index is 0.217. The standard InChI is InChI=1S/C21H28O2Si3/c1-8-25(5,6)26(7)20-16-13-14-11-9-10-12-15(14)17(16)19(18(22)21(20)26)23-24(2,3)4/h9-13H,8H2,1-7H3. The predicted molar refractivity (Wildman–Crippen MR) is 117 cm³/mol. The molecule has 1 atom stereocenters. The molecule has 0 N–H and O–H groups in total. The minimum atomic E-state index is -1.88. The van der Waals surface area contributed by atoms with E-state index in [0.29, 0.717) is 5.76 Å². The highest BCUT2D eigenvalue weighted by molar-refractivity contribution is 7.53. The van der Waals surface area contributed by atoms with Gasteiger partial charge in [0.1, 0.15) is 7.59 Å². The number of carbonyl (C=O) groups excluding carboxylic acids is 1. The maximum Gasteiger partial charge on any atom is 0.242 e. The molecule has 2 aliphatic carbocycles. The fraction of sp³-hybridized carbons (Fsp3) is 0.381. The van der Waals surface area contributed by atoms with Crippen molar-refractivity contribution in [1.29, 1.82) is 0 Å². The summed E-state index contributed by atoms with van der Waals surface area (Å²) in [6.45, 7) is 16.2. The summed E-state index contributed by atoms with van der Waals surface area (Å²) < 4.78 is 6.43. The predicted octanol–water partition coefficient (Wildman–Crippen LogP) is 5.50. The number of ketones is 1. The maximum atomic E-state index is 13.6. The monoisotopic (exact) mass is 396 g/mol. The van der Waals surface area contributed by atoms with Crippen molar-refractivity contribution in [2.24, 2.45) is 0 Å². The van der Waals surface area contributed by atoms with E-state index in [4.69, 9.17) is 4.43 Å². The first-order valence-corrected chi connectivity index (χ1v) is 19.7. The first kappa shape index (κ1) is 17.9. The van der Waals surface area contributed by atoms with E-state index in [1.165, 1.54) is 33.1 Å². The molecule has 3 aliphatic rings. The minimum Gasteiger partial charge on any atom is -0.541 e. The van der Waals surface area contributed by atoms with Gasteiger partial charge in [0.25, 0.3) is 0 Å². The maximum absolute atomic E-state index is 13.6. The molecule has 136 valence electrons. The normalized spacial score (nSPS) is 24.3. The number of carbonyl (C=O) groups is 1. The number of benzene rings is 1. The van der Waals surface area contributed by atoms with Crippen molar-refractivity contribution < 1.29 is 9.22 Å². The zero-order chi connectivity index (χ0) is 19.1. The Bertz CT molecular complexity index is 944. The molecule has 1 aromatic carbocycles. The molecular weight excluding hydrogens is 368 g/mol. The van der Waals surface area contributed by atoms with E-state index in [1.807, 2.05) is 0 Å². The highest BCUT2D eigenvalue weighted by atomic mass is 29.3. The number of hydrogen-bond donors (Lipinski definition) is 0. The van der Waals surface area contributed by atoms with Gasteiger partial charge in [-0.3, -0.25) is 4.79 Å². The Balaban J connectivity index is 1.92. The SMILES string of the molecule is CC[Si](C)(C)[Si]1(C)C2=C1C1=Cc3ccccc3C1=C(O[Si](C)(C)C)C2=O. The Kier molecular flexibility index (Phi) is 3.66. The fourth-order valence-corrected chi connectivity index (χ4v) is 18.0. The summed E-state index contributed by atoms with van der Waals surface area (Å²) in [7, 11) is -5.13. The van der Waals surface area contributed by atoms with Crippen molar-refractivity contribution in [1.82, 2.24) is 0 Å². The molecule has 0 amide bonds. The lowest BCUT2D eigenvalue weighted by atomic mass is 9.96. The van der Waals surface area contributed by atoms with Crippen LogP contribution in [0.2, 0.25) is 45.3 Å². The van der Waals surface area contributed by atoms with Gasteiger partial charge in [-0.1, -0.05) is 56.9 Å². The molecule has 1 aromatic rings. The van der Waals surface area contributed by atoms with Crippen molar-refractivity contribution in [3.63, 3.8) is 0 Å². The Morgan fingerprint density at radius 1 is 1.04 bits per heavy atom. The third-order valence-electron chi connectivity index (χ3n) is 6.56. The van der Waals surface area contributed by atoms with E-state index in [2.05, 4.69) is 76.5 Å². The van der Waals surface area contributed by atoms with Crippen LogP contribution in [-0.4, -0.2) is 29.3 Å². The van der Waals surface area contributed by atoms with Crippen LogP contribution >= 0.6 is 0 Å². The Morgan fingerprint density at radius 2 is 1.69 bits per heavy atom. The van der Waals surface area contributed by atoms with Crippen LogP contribution in [0.1, 0.15) is 18.1 Å². The smallest absolute Gasteiger partial charge is 0.242 e. The number of allylic oxidation sites excluding steroid dienone is 4. The highest BCUT2D eigenvalue weighted by Crippen LogP contribution is 2.61. The van der Waals surface area contributed by atoms with Crippen LogP contribution in [-0.2, 0) is 9.22 Å². The quantitative estimate of drug-likeness (QED) is 0.628. The van der Waals surface area contributed by atoms with Gasteiger partial charge in [-0.25, -0.2) is 0 Å². The summed E-state index contributed by atoms with van der Waals surface area (Å²) in [5, 5.41) is 2.64. The summed E-state index contributed by atoms with van der Waals surface area (Å²) in [6.07, 6.45) is 2.32. The van der Waals surface area contributed by atoms with Gasteiger partial charge in [-0.15, -0.1) is 0 Å². The highest BCUT2D eigenvalue weighted by Gasteiger charge is 2.67. The fourth-order valence-electron chi connectivity index (χ4n) is 4.45. The third kappa shape index (κ3) is 2.23. The molecule has 1 aliphatic heterocycles. The summed E-state index contributed by atoms with van der Waals surface area (Å²) in [5.74, 6) is 0.866. The van der Waals surface area contributed by atoms with Crippen molar-refractivity contribution in [2.45, 2.75) is 52.2 Å². The molecule has 0 bridgehead atoms. The molecule has 0 radical (unpaired) electrons. The van der Waals surface area contributed by atoms with Crippen molar-refractivity contribution in [2.75, 3.05) is 0 Å². The number of hydrogen-bond acceptors (Lipinski definition) is 2. The van der Waals surface area contributed by atoms with E-state index < -0.39 is 23.5 Å². The third-order valence-corrected chi connectivity index (χ3v) is 25.3. The largest absolute Gasteiger partial charge is 0.541 e. The summed E-state index contributed by atoms with van der Waals surface area (Å²) in [4.78, 5) is 13.6. The molecule has 4 rings (SSSR count). The molecular formula is C21H28O2Si3. The van der Waals surface area contributed by atoms with Gasteiger partial charge in [-0.2, -0.15) is 0 Å². The molecule has 5 heteroatoms. The Labute approximate surface area is 159 Å². The average Bonchev–Trinajstić information content (AvgIpc) is 3.03. The van der Waals surface area contributed by atoms with Crippen LogP contribution in [0.5, 0.6) is 0 Å².